The van der Waals surface area contributed by atoms with E-state index in [4.69, 9.17) is 15.5 Å². The number of anilines is 2. The van der Waals surface area contributed by atoms with Crippen LogP contribution in [0.5, 0.6) is 5.75 Å². The molecule has 2 heterocycles. The van der Waals surface area contributed by atoms with Crippen molar-refractivity contribution in [2.75, 3.05) is 17.7 Å². The summed E-state index contributed by atoms with van der Waals surface area (Å²) in [7, 11) is 0. The third-order valence-electron chi connectivity index (χ3n) is 6.95. The number of nitrogens with zero attached hydrogens (tertiary/aromatic N) is 3. The van der Waals surface area contributed by atoms with E-state index in [1.54, 1.807) is 16.8 Å². The number of nitrogens with two attached hydrogens (primary N) is 1. The molecule has 0 amide bonds. The van der Waals surface area contributed by atoms with Crippen LogP contribution in [-0.4, -0.2) is 32.2 Å². The van der Waals surface area contributed by atoms with Crippen molar-refractivity contribution in [3.05, 3.63) is 102 Å². The number of rotatable bonds is 11. The molecule has 5 aromatic rings. The zero-order valence-electron chi connectivity index (χ0n) is 23.0. The number of hydrogen-bond acceptors (Lipinski definition) is 6. The van der Waals surface area contributed by atoms with Gasteiger partial charge in [-0.15, -0.1) is 0 Å². The molecule has 5 rings (SSSR count). The van der Waals surface area contributed by atoms with Gasteiger partial charge in [-0.3, -0.25) is 4.79 Å². The molecule has 8 nitrogen and oxygen atoms in total. The summed E-state index contributed by atoms with van der Waals surface area (Å²) < 4.78 is 23.6. The van der Waals surface area contributed by atoms with Gasteiger partial charge in [-0.25, -0.2) is 14.4 Å². The van der Waals surface area contributed by atoms with Crippen LogP contribution in [0, 0.1) is 5.82 Å². The SMILES string of the molecule is CCOc1cc(CC)cc(C(Nc2ccc3c(N)nccc3c2)c2nc(-c3ccccc3)cn2CCC(=O)O)c1F. The predicted octanol–water partition coefficient (Wildman–Crippen LogP) is 6.46. The van der Waals surface area contributed by atoms with E-state index >= 15 is 4.39 Å². The van der Waals surface area contributed by atoms with Gasteiger partial charge in [-0.1, -0.05) is 43.3 Å². The first kappa shape index (κ1) is 27.6. The van der Waals surface area contributed by atoms with E-state index in [9.17, 15) is 9.90 Å². The number of ether oxygens (including phenoxy) is 1. The summed E-state index contributed by atoms with van der Waals surface area (Å²) >= 11 is 0. The number of aryl methyl sites for hydroxylation is 2. The summed E-state index contributed by atoms with van der Waals surface area (Å²) in [6.45, 7) is 4.29. The first-order chi connectivity index (χ1) is 19.9. The molecule has 0 fully saturated rings. The molecule has 4 N–H and O–H groups in total. The smallest absolute Gasteiger partial charge is 0.305 e. The Morgan fingerprint density at radius 1 is 1.12 bits per heavy atom. The van der Waals surface area contributed by atoms with Gasteiger partial charge in [0.05, 0.1) is 18.7 Å². The normalized spacial score (nSPS) is 11.9. The number of hydrogen-bond donors (Lipinski definition) is 3. The third kappa shape index (κ3) is 5.99. The van der Waals surface area contributed by atoms with Crippen LogP contribution < -0.4 is 15.8 Å². The van der Waals surface area contributed by atoms with E-state index in [-0.39, 0.29) is 18.7 Å². The molecular formula is C32H32FN5O3. The Balaban J connectivity index is 1.70. The highest BCUT2D eigenvalue weighted by Crippen LogP contribution is 2.36. The second kappa shape index (κ2) is 12.1. The molecule has 2 aromatic heterocycles. The third-order valence-corrected chi connectivity index (χ3v) is 6.95. The number of aromatic nitrogens is 3. The topological polar surface area (TPSA) is 115 Å². The van der Waals surface area contributed by atoms with E-state index in [0.717, 1.165) is 21.9 Å². The van der Waals surface area contributed by atoms with Crippen molar-refractivity contribution in [1.82, 2.24) is 14.5 Å². The highest BCUT2D eigenvalue weighted by Gasteiger charge is 2.27. The van der Waals surface area contributed by atoms with Gasteiger partial charge in [-0.05, 0) is 54.6 Å². The number of carbonyl (C=O) groups is 1. The minimum absolute atomic E-state index is 0.117. The fourth-order valence-corrected chi connectivity index (χ4v) is 4.90. The van der Waals surface area contributed by atoms with Crippen LogP contribution in [0.1, 0.15) is 43.3 Å². The lowest BCUT2D eigenvalue weighted by Crippen LogP contribution is -2.20. The second-order valence-corrected chi connectivity index (χ2v) is 9.68. The van der Waals surface area contributed by atoms with Crippen LogP contribution in [0.3, 0.4) is 0 Å². The maximum absolute atomic E-state index is 16.2. The fraction of sp³-hybridized carbons (Fsp3) is 0.219. The Hall–Kier alpha value is -4.92. The molecule has 0 aliphatic heterocycles. The van der Waals surface area contributed by atoms with Crippen LogP contribution in [0.15, 0.2) is 79.1 Å². The lowest BCUT2D eigenvalue weighted by molar-refractivity contribution is -0.137. The van der Waals surface area contributed by atoms with Gasteiger partial charge in [0.1, 0.15) is 17.7 Å². The van der Waals surface area contributed by atoms with Crippen molar-refractivity contribution in [3.8, 4) is 17.0 Å². The number of nitrogens with one attached hydrogen (secondary N) is 1. The molecule has 0 saturated heterocycles. The number of aliphatic carboxylic acids is 1. The zero-order chi connectivity index (χ0) is 28.9. The van der Waals surface area contributed by atoms with Gasteiger partial charge in [0.15, 0.2) is 11.6 Å². The number of carboxylic acids is 1. The Morgan fingerprint density at radius 2 is 1.93 bits per heavy atom. The van der Waals surface area contributed by atoms with Crippen LogP contribution in [0.2, 0.25) is 0 Å². The Labute approximate surface area is 237 Å². The predicted molar refractivity (Wildman–Crippen MR) is 158 cm³/mol. The molecule has 1 atom stereocenters. The van der Waals surface area contributed by atoms with E-state index < -0.39 is 17.8 Å². The van der Waals surface area contributed by atoms with Crippen LogP contribution >= 0.6 is 0 Å². The van der Waals surface area contributed by atoms with E-state index in [0.29, 0.717) is 41.6 Å². The first-order valence-corrected chi connectivity index (χ1v) is 13.6. The monoisotopic (exact) mass is 553 g/mol. The molecule has 0 aliphatic carbocycles. The number of carboxylic acid groups (broad SMARTS) is 1. The van der Waals surface area contributed by atoms with Gasteiger partial charge in [0, 0.05) is 41.1 Å². The van der Waals surface area contributed by atoms with Crippen LogP contribution in [-0.2, 0) is 17.8 Å². The average Bonchev–Trinajstić information content (AvgIpc) is 3.41. The molecule has 210 valence electrons. The maximum atomic E-state index is 16.2. The zero-order valence-corrected chi connectivity index (χ0v) is 23.0. The van der Waals surface area contributed by atoms with Gasteiger partial charge >= 0.3 is 5.97 Å². The lowest BCUT2D eigenvalue weighted by atomic mass is 9.99. The molecule has 0 saturated carbocycles. The Kier molecular flexibility index (Phi) is 8.14. The van der Waals surface area contributed by atoms with Gasteiger partial charge < -0.3 is 25.5 Å². The average molecular weight is 554 g/mol. The van der Waals surface area contributed by atoms with Crippen molar-refractivity contribution in [1.29, 1.82) is 0 Å². The first-order valence-electron chi connectivity index (χ1n) is 13.6. The molecule has 0 radical (unpaired) electrons. The largest absolute Gasteiger partial charge is 0.491 e. The molecule has 0 bridgehead atoms. The summed E-state index contributed by atoms with van der Waals surface area (Å²) in [5.41, 5.74) is 9.56. The summed E-state index contributed by atoms with van der Waals surface area (Å²) in [5.74, 6) is -0.365. The summed E-state index contributed by atoms with van der Waals surface area (Å²) in [6, 6.07) is 19.9. The van der Waals surface area contributed by atoms with Gasteiger partial charge in [0.25, 0.3) is 0 Å². The van der Waals surface area contributed by atoms with Crippen molar-refractivity contribution in [3.63, 3.8) is 0 Å². The number of nitrogen functional groups attached to an aromatic ring is 1. The maximum Gasteiger partial charge on any atom is 0.305 e. The summed E-state index contributed by atoms with van der Waals surface area (Å²) in [5, 5.41) is 14.6. The number of benzene rings is 3. The number of halogens is 1. The number of imidazole rings is 1. The van der Waals surface area contributed by atoms with E-state index in [2.05, 4.69) is 10.3 Å². The lowest BCUT2D eigenvalue weighted by Gasteiger charge is -2.24. The molecule has 3 aromatic carbocycles. The summed E-state index contributed by atoms with van der Waals surface area (Å²) in [4.78, 5) is 20.7. The van der Waals surface area contributed by atoms with Crippen molar-refractivity contribution in [2.45, 2.75) is 39.3 Å². The Morgan fingerprint density at radius 3 is 2.66 bits per heavy atom. The fourth-order valence-electron chi connectivity index (χ4n) is 4.90. The Bertz CT molecular complexity index is 1690. The highest BCUT2D eigenvalue weighted by molar-refractivity contribution is 5.93. The quantitative estimate of drug-likeness (QED) is 0.172. The molecular weight excluding hydrogens is 521 g/mol. The van der Waals surface area contributed by atoms with Gasteiger partial charge in [-0.2, -0.15) is 0 Å². The van der Waals surface area contributed by atoms with E-state index in [1.165, 1.54) is 0 Å². The van der Waals surface area contributed by atoms with Crippen molar-refractivity contribution < 1.29 is 19.0 Å². The molecule has 1 unspecified atom stereocenters. The highest BCUT2D eigenvalue weighted by atomic mass is 19.1. The molecule has 0 spiro atoms. The molecule has 9 heteroatoms. The summed E-state index contributed by atoms with van der Waals surface area (Å²) in [6.07, 6.45) is 4.02. The molecule has 0 aliphatic rings. The minimum Gasteiger partial charge on any atom is -0.491 e. The number of fused-ring (bicyclic) bond motifs is 1. The molecule has 41 heavy (non-hydrogen) atoms. The van der Waals surface area contributed by atoms with Crippen molar-refractivity contribution >= 4 is 28.2 Å². The van der Waals surface area contributed by atoms with Crippen LogP contribution in [0.4, 0.5) is 15.9 Å². The standard InChI is InChI=1S/C32H32FN5O3/c1-3-20-16-25(29(33)27(17-20)41-4-2)30(36-23-10-11-24-22(18-23)12-14-35-31(24)34)32-37-26(21-8-6-5-7-9-21)19-38(32)15-13-28(39)40/h5-12,14,16-19,30,36H,3-4,13,15H2,1-2H3,(H2,34,35)(H,39,40). The second-order valence-electron chi connectivity index (χ2n) is 9.68. The van der Waals surface area contributed by atoms with Crippen LogP contribution in [0.25, 0.3) is 22.0 Å². The number of pyridine rings is 1. The van der Waals surface area contributed by atoms with Crippen molar-refractivity contribution in [2.24, 2.45) is 0 Å². The van der Waals surface area contributed by atoms with Gasteiger partial charge in [0.2, 0.25) is 0 Å². The van der Waals surface area contributed by atoms with E-state index in [1.807, 2.05) is 80.7 Å². The minimum atomic E-state index is -0.936.